The molecule has 0 saturated carbocycles. The van der Waals surface area contributed by atoms with E-state index in [0.717, 1.165) is 5.56 Å². The first-order valence-corrected chi connectivity index (χ1v) is 8.63. The summed E-state index contributed by atoms with van der Waals surface area (Å²) in [4.78, 5) is 28.8. The van der Waals surface area contributed by atoms with Gasteiger partial charge in [-0.05, 0) is 42.8 Å². The summed E-state index contributed by atoms with van der Waals surface area (Å²) in [6, 6.07) is 12.9. The third-order valence-corrected chi connectivity index (χ3v) is 4.43. The maximum absolute atomic E-state index is 12.5. The Labute approximate surface area is 151 Å². The van der Waals surface area contributed by atoms with Crippen molar-refractivity contribution >= 4 is 29.1 Å². The number of H-pyrrole nitrogens is 1. The smallest absolute Gasteiger partial charge is 0.267 e. The standard InChI is InChI=1S/C18H20N4O2S/c23-16(14-8-4-10-19-14)20-11-5-9-15-17(24)22(18(25)21-15)12-13-6-2-1-3-7-13/h1-4,6-8,10,15,19H,5,9,11-12H2,(H,20,23)(H,21,25). The van der Waals surface area contributed by atoms with E-state index in [9.17, 15) is 9.59 Å². The van der Waals surface area contributed by atoms with E-state index in [1.165, 1.54) is 0 Å². The van der Waals surface area contributed by atoms with Gasteiger partial charge in [0.1, 0.15) is 11.7 Å². The molecule has 2 aromatic rings. The zero-order chi connectivity index (χ0) is 17.6. The Kier molecular flexibility index (Phi) is 5.45. The van der Waals surface area contributed by atoms with E-state index in [-0.39, 0.29) is 17.9 Å². The van der Waals surface area contributed by atoms with Gasteiger partial charge in [-0.15, -0.1) is 0 Å². The number of thiocarbonyl (C=S) groups is 1. The van der Waals surface area contributed by atoms with Gasteiger partial charge >= 0.3 is 0 Å². The van der Waals surface area contributed by atoms with Crippen LogP contribution in [0.1, 0.15) is 28.9 Å². The summed E-state index contributed by atoms with van der Waals surface area (Å²) < 4.78 is 0. The van der Waals surface area contributed by atoms with E-state index < -0.39 is 0 Å². The van der Waals surface area contributed by atoms with Crippen LogP contribution in [-0.2, 0) is 11.3 Å². The molecule has 1 saturated heterocycles. The van der Waals surface area contributed by atoms with E-state index in [1.54, 1.807) is 23.2 Å². The highest BCUT2D eigenvalue weighted by Gasteiger charge is 2.34. The van der Waals surface area contributed by atoms with Crippen LogP contribution in [-0.4, -0.2) is 39.4 Å². The molecule has 1 atom stereocenters. The minimum atomic E-state index is -0.321. The highest BCUT2D eigenvalue weighted by molar-refractivity contribution is 7.80. The molecule has 1 fully saturated rings. The number of aromatic amines is 1. The molecular formula is C18H20N4O2S. The second kappa shape index (κ2) is 7.94. The molecule has 25 heavy (non-hydrogen) atoms. The normalized spacial score (nSPS) is 16.8. The van der Waals surface area contributed by atoms with Crippen molar-refractivity contribution in [3.8, 4) is 0 Å². The van der Waals surface area contributed by atoms with E-state index in [0.29, 0.717) is 36.7 Å². The number of carbonyl (C=O) groups excluding carboxylic acids is 2. The maximum Gasteiger partial charge on any atom is 0.267 e. The van der Waals surface area contributed by atoms with Crippen molar-refractivity contribution in [2.45, 2.75) is 25.4 Å². The molecule has 1 aromatic heterocycles. The molecule has 0 radical (unpaired) electrons. The van der Waals surface area contributed by atoms with E-state index in [1.807, 2.05) is 30.3 Å². The molecule has 1 aliphatic rings. The maximum atomic E-state index is 12.5. The van der Waals surface area contributed by atoms with Crippen LogP contribution in [0.15, 0.2) is 48.7 Å². The Morgan fingerprint density at radius 3 is 2.72 bits per heavy atom. The number of benzene rings is 1. The molecule has 6 nitrogen and oxygen atoms in total. The second-order valence-corrected chi connectivity index (χ2v) is 6.28. The van der Waals surface area contributed by atoms with Crippen LogP contribution >= 0.6 is 12.2 Å². The summed E-state index contributed by atoms with van der Waals surface area (Å²) in [6.45, 7) is 0.986. The first-order chi connectivity index (χ1) is 12.1. The molecule has 130 valence electrons. The number of hydrogen-bond donors (Lipinski definition) is 3. The van der Waals surface area contributed by atoms with Crippen molar-refractivity contribution in [1.82, 2.24) is 20.5 Å². The zero-order valence-corrected chi connectivity index (χ0v) is 14.5. The van der Waals surface area contributed by atoms with Gasteiger partial charge in [0.05, 0.1) is 6.54 Å². The third-order valence-electron chi connectivity index (χ3n) is 4.09. The first-order valence-electron chi connectivity index (χ1n) is 8.22. The summed E-state index contributed by atoms with van der Waals surface area (Å²) in [6.07, 6.45) is 3.02. The lowest BCUT2D eigenvalue weighted by molar-refractivity contribution is -0.127. The molecule has 1 aliphatic heterocycles. The molecular weight excluding hydrogens is 336 g/mol. The molecule has 3 rings (SSSR count). The summed E-state index contributed by atoms with van der Waals surface area (Å²) in [5.74, 6) is -0.151. The number of aromatic nitrogens is 1. The summed E-state index contributed by atoms with van der Waals surface area (Å²) in [5.41, 5.74) is 1.57. The van der Waals surface area contributed by atoms with Gasteiger partial charge in [-0.1, -0.05) is 30.3 Å². The first kappa shape index (κ1) is 17.2. The van der Waals surface area contributed by atoms with Crippen LogP contribution in [0.2, 0.25) is 0 Å². The number of amides is 2. The average molecular weight is 356 g/mol. The van der Waals surface area contributed by atoms with Crippen LogP contribution < -0.4 is 10.6 Å². The van der Waals surface area contributed by atoms with Gasteiger partial charge in [-0.25, -0.2) is 0 Å². The van der Waals surface area contributed by atoms with Crippen LogP contribution in [0.3, 0.4) is 0 Å². The van der Waals surface area contributed by atoms with Crippen molar-refractivity contribution in [2.75, 3.05) is 6.54 Å². The lowest BCUT2D eigenvalue weighted by Crippen LogP contribution is -2.32. The zero-order valence-electron chi connectivity index (χ0n) is 13.7. The summed E-state index contributed by atoms with van der Waals surface area (Å²) in [5, 5.41) is 6.38. The Morgan fingerprint density at radius 1 is 1.20 bits per heavy atom. The lowest BCUT2D eigenvalue weighted by atomic mass is 10.1. The molecule has 0 bridgehead atoms. The summed E-state index contributed by atoms with van der Waals surface area (Å²) >= 11 is 5.29. The van der Waals surface area contributed by atoms with Crippen LogP contribution in [0.25, 0.3) is 0 Å². The quantitative estimate of drug-likeness (QED) is 0.522. The molecule has 7 heteroatoms. The number of hydrogen-bond acceptors (Lipinski definition) is 3. The monoisotopic (exact) mass is 356 g/mol. The van der Waals surface area contributed by atoms with E-state index >= 15 is 0 Å². The van der Waals surface area contributed by atoms with Crippen molar-refractivity contribution < 1.29 is 9.59 Å². The Bertz CT molecular complexity index is 746. The fraction of sp³-hybridized carbons (Fsp3) is 0.278. The average Bonchev–Trinajstić information content (AvgIpc) is 3.24. The minimum Gasteiger partial charge on any atom is -0.357 e. The largest absolute Gasteiger partial charge is 0.357 e. The fourth-order valence-electron chi connectivity index (χ4n) is 2.76. The second-order valence-electron chi connectivity index (χ2n) is 5.89. The van der Waals surface area contributed by atoms with Crippen LogP contribution in [0.4, 0.5) is 0 Å². The van der Waals surface area contributed by atoms with Gasteiger partial charge < -0.3 is 15.6 Å². The molecule has 0 aliphatic carbocycles. The lowest BCUT2D eigenvalue weighted by Gasteiger charge is -2.14. The predicted octanol–water partition coefficient (Wildman–Crippen LogP) is 1.81. The predicted molar refractivity (Wildman–Crippen MR) is 98.9 cm³/mol. The summed E-state index contributed by atoms with van der Waals surface area (Å²) in [7, 11) is 0. The highest BCUT2D eigenvalue weighted by atomic mass is 32.1. The number of nitrogens with zero attached hydrogens (tertiary/aromatic N) is 1. The van der Waals surface area contributed by atoms with Gasteiger partial charge in [-0.2, -0.15) is 0 Å². The fourth-order valence-corrected chi connectivity index (χ4v) is 3.06. The number of carbonyl (C=O) groups is 2. The Hall–Kier alpha value is -2.67. The molecule has 1 aromatic carbocycles. The molecule has 3 N–H and O–H groups in total. The molecule has 1 unspecified atom stereocenters. The van der Waals surface area contributed by atoms with Gasteiger partial charge in [0.2, 0.25) is 0 Å². The Balaban J connectivity index is 1.45. The third kappa shape index (κ3) is 4.24. The van der Waals surface area contributed by atoms with Gasteiger partial charge in [0, 0.05) is 12.7 Å². The molecule has 2 amide bonds. The van der Waals surface area contributed by atoms with Crippen molar-refractivity contribution in [2.24, 2.45) is 0 Å². The van der Waals surface area contributed by atoms with E-state index in [2.05, 4.69) is 15.6 Å². The van der Waals surface area contributed by atoms with Gasteiger partial charge in [-0.3, -0.25) is 14.5 Å². The van der Waals surface area contributed by atoms with E-state index in [4.69, 9.17) is 12.2 Å². The SMILES string of the molecule is O=C(NCCCC1NC(=S)N(Cc2ccccc2)C1=O)c1ccc[nH]1. The Morgan fingerprint density at radius 2 is 2.00 bits per heavy atom. The minimum absolute atomic E-state index is 0.00968. The van der Waals surface area contributed by atoms with Crippen LogP contribution in [0.5, 0.6) is 0 Å². The highest BCUT2D eigenvalue weighted by Crippen LogP contribution is 2.15. The number of rotatable bonds is 7. The van der Waals surface area contributed by atoms with Crippen molar-refractivity contribution in [3.05, 3.63) is 59.9 Å². The molecule has 2 heterocycles. The van der Waals surface area contributed by atoms with Gasteiger partial charge in [0.15, 0.2) is 5.11 Å². The number of nitrogens with one attached hydrogen (secondary N) is 3. The van der Waals surface area contributed by atoms with Crippen LogP contribution in [0, 0.1) is 0 Å². The van der Waals surface area contributed by atoms with Gasteiger partial charge in [0.25, 0.3) is 11.8 Å². The molecule has 0 spiro atoms. The topological polar surface area (TPSA) is 77.2 Å². The van der Waals surface area contributed by atoms with Crippen molar-refractivity contribution in [3.63, 3.8) is 0 Å². The van der Waals surface area contributed by atoms with Crippen molar-refractivity contribution in [1.29, 1.82) is 0 Å².